The molecule has 0 bridgehead atoms. The number of rotatable bonds is 4. The molecule has 0 aromatic heterocycles. The first kappa shape index (κ1) is 11.4. The fourth-order valence-corrected chi connectivity index (χ4v) is 1.18. The van der Waals surface area contributed by atoms with E-state index in [1.165, 1.54) is 31.4 Å². The van der Waals surface area contributed by atoms with E-state index in [9.17, 15) is 9.18 Å². The van der Waals surface area contributed by atoms with E-state index in [4.69, 9.17) is 9.84 Å². The highest BCUT2D eigenvalue weighted by atomic mass is 19.1. The fraction of sp³-hybridized carbons (Fsp3) is 0.182. The van der Waals surface area contributed by atoms with Gasteiger partial charge < -0.3 is 9.84 Å². The van der Waals surface area contributed by atoms with Gasteiger partial charge in [0.25, 0.3) is 0 Å². The Morgan fingerprint density at radius 2 is 2.07 bits per heavy atom. The molecule has 15 heavy (non-hydrogen) atoms. The Kier molecular flexibility index (Phi) is 4.00. The topological polar surface area (TPSA) is 46.5 Å². The molecule has 0 atom stereocenters. The third-order valence-electron chi connectivity index (χ3n) is 1.81. The summed E-state index contributed by atoms with van der Waals surface area (Å²) in [7, 11) is 1.47. The molecule has 0 saturated carbocycles. The van der Waals surface area contributed by atoms with Crippen LogP contribution in [0.15, 0.2) is 30.3 Å². The molecule has 80 valence electrons. The van der Waals surface area contributed by atoms with Crippen LogP contribution < -0.4 is 0 Å². The van der Waals surface area contributed by atoms with Gasteiger partial charge in [0.1, 0.15) is 5.82 Å². The number of carbonyl (C=O) groups is 1. The Labute approximate surface area is 86.8 Å². The molecular formula is C11H11FO3. The molecule has 0 unspecified atom stereocenters. The van der Waals surface area contributed by atoms with Crippen molar-refractivity contribution in [3.63, 3.8) is 0 Å². The summed E-state index contributed by atoms with van der Waals surface area (Å²) in [4.78, 5) is 10.5. The Balaban J connectivity index is 2.99. The molecule has 1 rings (SSSR count). The predicted molar refractivity (Wildman–Crippen MR) is 53.9 cm³/mol. The van der Waals surface area contributed by atoms with Gasteiger partial charge in [-0.25, -0.2) is 9.18 Å². The van der Waals surface area contributed by atoms with Crippen LogP contribution in [0.4, 0.5) is 4.39 Å². The molecule has 0 radical (unpaired) electrons. The Morgan fingerprint density at radius 3 is 2.53 bits per heavy atom. The monoisotopic (exact) mass is 210 g/mol. The molecule has 0 amide bonds. The van der Waals surface area contributed by atoms with Gasteiger partial charge in [-0.15, -0.1) is 0 Å². The van der Waals surface area contributed by atoms with Gasteiger partial charge in [-0.2, -0.15) is 0 Å². The van der Waals surface area contributed by atoms with Crippen molar-refractivity contribution in [3.8, 4) is 0 Å². The van der Waals surface area contributed by atoms with E-state index in [-0.39, 0.29) is 12.4 Å². The van der Waals surface area contributed by atoms with Gasteiger partial charge in [-0.1, -0.05) is 12.1 Å². The molecule has 4 heteroatoms. The molecule has 0 fully saturated rings. The second kappa shape index (κ2) is 5.26. The molecule has 1 aromatic rings. The van der Waals surface area contributed by atoms with E-state index in [0.29, 0.717) is 11.1 Å². The lowest BCUT2D eigenvalue weighted by molar-refractivity contribution is -0.131. The van der Waals surface area contributed by atoms with E-state index >= 15 is 0 Å². The molecule has 0 aliphatic heterocycles. The first-order chi connectivity index (χ1) is 7.13. The molecule has 0 saturated heterocycles. The van der Waals surface area contributed by atoms with Crippen molar-refractivity contribution < 1.29 is 19.0 Å². The summed E-state index contributed by atoms with van der Waals surface area (Å²) in [6.45, 7) is 0.179. The van der Waals surface area contributed by atoms with Gasteiger partial charge in [0.2, 0.25) is 0 Å². The van der Waals surface area contributed by atoms with Crippen LogP contribution in [0.1, 0.15) is 5.56 Å². The first-order valence-corrected chi connectivity index (χ1v) is 4.32. The minimum Gasteiger partial charge on any atom is -0.478 e. The standard InChI is InChI=1S/C11H11FO3/c1-15-7-9(6-11(13)14)8-2-4-10(12)5-3-8/h2-6H,7H2,1H3,(H,13,14)/b9-6+. The number of halogens is 1. The quantitative estimate of drug-likeness (QED) is 0.772. The van der Waals surface area contributed by atoms with Crippen molar-refractivity contribution in [2.24, 2.45) is 0 Å². The number of methoxy groups -OCH3 is 1. The fourth-order valence-electron chi connectivity index (χ4n) is 1.18. The SMILES string of the molecule is COC/C(=C\C(=O)O)c1ccc(F)cc1. The highest BCUT2D eigenvalue weighted by molar-refractivity contribution is 5.90. The summed E-state index contributed by atoms with van der Waals surface area (Å²) >= 11 is 0. The lowest BCUT2D eigenvalue weighted by Gasteiger charge is -2.05. The number of hydrogen-bond donors (Lipinski definition) is 1. The average Bonchev–Trinajstić information content (AvgIpc) is 2.17. The molecule has 3 nitrogen and oxygen atoms in total. The van der Waals surface area contributed by atoms with Gasteiger partial charge in [-0.05, 0) is 23.3 Å². The average molecular weight is 210 g/mol. The van der Waals surface area contributed by atoms with Gasteiger partial charge in [0, 0.05) is 13.2 Å². The molecule has 0 spiro atoms. The number of ether oxygens (including phenoxy) is 1. The Bertz CT molecular complexity index is 368. The zero-order chi connectivity index (χ0) is 11.3. The van der Waals surface area contributed by atoms with E-state index in [1.807, 2.05) is 0 Å². The lowest BCUT2D eigenvalue weighted by Crippen LogP contribution is -1.98. The van der Waals surface area contributed by atoms with Gasteiger partial charge in [0.05, 0.1) is 6.61 Å². The van der Waals surface area contributed by atoms with Crippen LogP contribution in [0.2, 0.25) is 0 Å². The van der Waals surface area contributed by atoms with Crippen molar-refractivity contribution in [3.05, 3.63) is 41.7 Å². The largest absolute Gasteiger partial charge is 0.478 e. The zero-order valence-corrected chi connectivity index (χ0v) is 8.24. The maximum atomic E-state index is 12.6. The third kappa shape index (κ3) is 3.52. The van der Waals surface area contributed by atoms with Crippen LogP contribution >= 0.6 is 0 Å². The molecular weight excluding hydrogens is 199 g/mol. The summed E-state index contributed by atoms with van der Waals surface area (Å²) in [5, 5.41) is 8.62. The van der Waals surface area contributed by atoms with Gasteiger partial charge in [-0.3, -0.25) is 0 Å². The Hall–Kier alpha value is -1.68. The molecule has 0 aliphatic carbocycles. The summed E-state index contributed by atoms with van der Waals surface area (Å²) in [6.07, 6.45) is 1.05. The first-order valence-electron chi connectivity index (χ1n) is 4.32. The number of hydrogen-bond acceptors (Lipinski definition) is 2. The van der Waals surface area contributed by atoms with E-state index in [0.717, 1.165) is 6.08 Å². The van der Waals surface area contributed by atoms with E-state index in [1.54, 1.807) is 0 Å². The highest BCUT2D eigenvalue weighted by Crippen LogP contribution is 2.15. The maximum Gasteiger partial charge on any atom is 0.328 e. The van der Waals surface area contributed by atoms with Crippen LogP contribution in [-0.4, -0.2) is 24.8 Å². The van der Waals surface area contributed by atoms with Crippen molar-refractivity contribution in [1.29, 1.82) is 0 Å². The number of carboxylic acids is 1. The second-order valence-electron chi connectivity index (χ2n) is 2.95. The zero-order valence-electron chi connectivity index (χ0n) is 8.24. The van der Waals surface area contributed by atoms with Crippen LogP contribution in [-0.2, 0) is 9.53 Å². The van der Waals surface area contributed by atoms with Crippen LogP contribution in [0, 0.1) is 5.82 Å². The van der Waals surface area contributed by atoms with Crippen LogP contribution in [0.5, 0.6) is 0 Å². The minimum absolute atomic E-state index is 0.179. The molecule has 0 heterocycles. The molecule has 1 aromatic carbocycles. The molecule has 0 aliphatic rings. The second-order valence-corrected chi connectivity index (χ2v) is 2.95. The smallest absolute Gasteiger partial charge is 0.328 e. The highest BCUT2D eigenvalue weighted by Gasteiger charge is 2.04. The normalized spacial score (nSPS) is 11.5. The lowest BCUT2D eigenvalue weighted by atomic mass is 10.1. The van der Waals surface area contributed by atoms with E-state index < -0.39 is 5.97 Å². The summed E-state index contributed by atoms with van der Waals surface area (Å²) in [5.41, 5.74) is 1.14. The Morgan fingerprint density at radius 1 is 1.47 bits per heavy atom. The summed E-state index contributed by atoms with van der Waals surface area (Å²) < 4.78 is 17.5. The van der Waals surface area contributed by atoms with E-state index in [2.05, 4.69) is 0 Å². The molecule has 1 N–H and O–H groups in total. The minimum atomic E-state index is -1.05. The summed E-state index contributed by atoms with van der Waals surface area (Å²) in [5.74, 6) is -1.41. The van der Waals surface area contributed by atoms with Crippen molar-refractivity contribution >= 4 is 11.5 Å². The van der Waals surface area contributed by atoms with Gasteiger partial charge >= 0.3 is 5.97 Å². The third-order valence-corrected chi connectivity index (χ3v) is 1.81. The summed E-state index contributed by atoms with van der Waals surface area (Å²) in [6, 6.07) is 5.59. The van der Waals surface area contributed by atoms with Crippen molar-refractivity contribution in [2.45, 2.75) is 0 Å². The van der Waals surface area contributed by atoms with Crippen LogP contribution in [0.3, 0.4) is 0 Å². The van der Waals surface area contributed by atoms with Crippen LogP contribution in [0.25, 0.3) is 5.57 Å². The predicted octanol–water partition coefficient (Wildman–Crippen LogP) is 1.94. The number of benzene rings is 1. The number of carboxylic acid groups (broad SMARTS) is 1. The van der Waals surface area contributed by atoms with Crippen molar-refractivity contribution in [1.82, 2.24) is 0 Å². The van der Waals surface area contributed by atoms with Crippen molar-refractivity contribution in [2.75, 3.05) is 13.7 Å². The number of aliphatic carboxylic acids is 1. The maximum absolute atomic E-state index is 12.6. The van der Waals surface area contributed by atoms with Gasteiger partial charge in [0.15, 0.2) is 0 Å².